The molecule has 0 fully saturated rings. The molecule has 0 saturated carbocycles. The number of halogens is 3. The largest absolute Gasteiger partial charge is 0.266 e. The number of hydrogen-bond donors (Lipinski definition) is 1. The highest BCUT2D eigenvalue weighted by Gasteiger charge is 2.16. The molecule has 0 unspecified atom stereocenters. The van der Waals surface area contributed by atoms with Gasteiger partial charge in [0.05, 0.1) is 0 Å². The predicted molar refractivity (Wildman–Crippen MR) is 65.7 cm³/mol. The Kier molecular flexibility index (Phi) is 3.39. The van der Waals surface area contributed by atoms with Gasteiger partial charge in [0, 0.05) is 10.9 Å². The Bertz CT molecular complexity index is 597. The van der Waals surface area contributed by atoms with E-state index in [0.717, 1.165) is 0 Å². The van der Waals surface area contributed by atoms with E-state index < -0.39 is 11.6 Å². The molecule has 0 aliphatic rings. The average molecular weight is 320 g/mol. The monoisotopic (exact) mass is 319 g/mol. The molecule has 0 aliphatic heterocycles. The number of aromatic nitrogens is 3. The lowest BCUT2D eigenvalue weighted by atomic mass is 10.2. The second kappa shape index (κ2) is 4.66. The van der Waals surface area contributed by atoms with E-state index in [9.17, 15) is 8.78 Å². The van der Waals surface area contributed by atoms with Gasteiger partial charge in [0.15, 0.2) is 16.4 Å². The first-order valence-corrected chi connectivity index (χ1v) is 6.06. The molecule has 17 heavy (non-hydrogen) atoms. The molecule has 1 heterocycles. The second-order valence-electron chi connectivity index (χ2n) is 3.35. The van der Waals surface area contributed by atoms with Gasteiger partial charge in [-0.25, -0.2) is 8.78 Å². The third-order valence-corrected chi connectivity index (χ3v) is 3.00. The predicted octanol–water partition coefficient (Wildman–Crippen LogP) is 3.53. The number of nitrogens with zero attached hydrogens (tertiary/aromatic N) is 2. The highest BCUT2D eigenvalue weighted by molar-refractivity contribution is 9.10. The summed E-state index contributed by atoms with van der Waals surface area (Å²) < 4.78 is 29.4. The Hall–Kier alpha value is -1.08. The number of rotatable bonds is 2. The summed E-state index contributed by atoms with van der Waals surface area (Å²) in [6, 6.07) is 2.37. The maximum absolute atomic E-state index is 13.8. The lowest BCUT2D eigenvalue weighted by Crippen LogP contribution is -2.06. The molecule has 0 radical (unpaired) electrons. The quantitative estimate of drug-likeness (QED) is 0.859. The molecule has 3 nitrogen and oxygen atoms in total. The second-order valence-corrected chi connectivity index (χ2v) is 4.65. The van der Waals surface area contributed by atoms with Crippen LogP contribution in [0, 0.1) is 16.4 Å². The van der Waals surface area contributed by atoms with Crippen molar-refractivity contribution < 1.29 is 8.78 Å². The number of aryl methyl sites for hydroxylation is 1. The number of H-pyrrole nitrogens is 1. The van der Waals surface area contributed by atoms with Gasteiger partial charge in [-0.3, -0.25) is 9.67 Å². The van der Waals surface area contributed by atoms with Crippen LogP contribution in [0.25, 0.3) is 5.69 Å². The van der Waals surface area contributed by atoms with Gasteiger partial charge < -0.3 is 0 Å². The molecule has 1 aromatic carbocycles. The maximum Gasteiger partial charge on any atom is 0.200 e. The van der Waals surface area contributed by atoms with Crippen molar-refractivity contribution in [1.29, 1.82) is 0 Å². The molecular weight excluding hydrogens is 312 g/mol. The van der Waals surface area contributed by atoms with Crippen LogP contribution in [0.4, 0.5) is 8.78 Å². The van der Waals surface area contributed by atoms with Crippen LogP contribution < -0.4 is 0 Å². The third-order valence-electron chi connectivity index (χ3n) is 2.26. The van der Waals surface area contributed by atoms with Crippen molar-refractivity contribution in [3.8, 4) is 5.69 Å². The van der Waals surface area contributed by atoms with Crippen molar-refractivity contribution in [2.45, 2.75) is 13.3 Å². The molecule has 0 aliphatic carbocycles. The number of hydrogen-bond acceptors (Lipinski definition) is 2. The Morgan fingerprint density at radius 3 is 2.53 bits per heavy atom. The van der Waals surface area contributed by atoms with Crippen LogP contribution in [-0.4, -0.2) is 14.8 Å². The number of benzene rings is 1. The van der Waals surface area contributed by atoms with Crippen LogP contribution in [0.15, 0.2) is 16.6 Å². The van der Waals surface area contributed by atoms with Crippen LogP contribution in [0.3, 0.4) is 0 Å². The fourth-order valence-electron chi connectivity index (χ4n) is 1.55. The van der Waals surface area contributed by atoms with Gasteiger partial charge in [0.2, 0.25) is 0 Å². The van der Waals surface area contributed by atoms with Crippen LogP contribution in [0.1, 0.15) is 12.7 Å². The van der Waals surface area contributed by atoms with Crippen molar-refractivity contribution in [2.24, 2.45) is 0 Å². The Labute approximate surface area is 110 Å². The first kappa shape index (κ1) is 12.4. The van der Waals surface area contributed by atoms with E-state index in [0.29, 0.717) is 16.7 Å². The molecule has 0 spiro atoms. The average Bonchev–Trinajstić information content (AvgIpc) is 2.59. The molecule has 1 aromatic heterocycles. The zero-order chi connectivity index (χ0) is 12.6. The smallest absolute Gasteiger partial charge is 0.200 e. The summed E-state index contributed by atoms with van der Waals surface area (Å²) in [5, 5.41) is 6.44. The Morgan fingerprint density at radius 1 is 1.41 bits per heavy atom. The van der Waals surface area contributed by atoms with Gasteiger partial charge in [-0.1, -0.05) is 22.9 Å². The molecule has 0 atom stereocenters. The number of nitrogens with one attached hydrogen (secondary N) is 1. The van der Waals surface area contributed by atoms with Gasteiger partial charge in [0.25, 0.3) is 0 Å². The summed E-state index contributed by atoms with van der Waals surface area (Å²) in [6.45, 7) is 1.83. The van der Waals surface area contributed by atoms with Crippen LogP contribution in [0.5, 0.6) is 0 Å². The number of aromatic amines is 1. The van der Waals surface area contributed by atoms with Gasteiger partial charge in [-0.2, -0.15) is 5.10 Å². The third kappa shape index (κ3) is 2.16. The summed E-state index contributed by atoms with van der Waals surface area (Å²) in [6.07, 6.45) is 0.516. The van der Waals surface area contributed by atoms with E-state index >= 15 is 0 Å². The molecule has 0 saturated heterocycles. The maximum atomic E-state index is 13.8. The molecule has 2 rings (SSSR count). The van der Waals surface area contributed by atoms with Gasteiger partial charge in [-0.05, 0) is 24.4 Å². The summed E-state index contributed by atoms with van der Waals surface area (Å²) in [7, 11) is 0. The van der Waals surface area contributed by atoms with Crippen LogP contribution in [0.2, 0.25) is 0 Å². The van der Waals surface area contributed by atoms with E-state index in [1.165, 1.54) is 16.7 Å². The summed E-state index contributed by atoms with van der Waals surface area (Å²) >= 11 is 8.00. The fourth-order valence-corrected chi connectivity index (χ4v) is 2.19. The van der Waals surface area contributed by atoms with Crippen LogP contribution in [-0.2, 0) is 6.42 Å². The highest BCUT2D eigenvalue weighted by Crippen LogP contribution is 2.24. The Balaban J connectivity index is 2.77. The normalized spacial score (nSPS) is 10.8. The van der Waals surface area contributed by atoms with Crippen LogP contribution >= 0.6 is 28.1 Å². The van der Waals surface area contributed by atoms with Gasteiger partial charge >= 0.3 is 0 Å². The molecule has 90 valence electrons. The summed E-state index contributed by atoms with van der Waals surface area (Å²) in [5.41, 5.74) is -0.205. The molecule has 1 N–H and O–H groups in total. The first-order chi connectivity index (χ1) is 8.04. The SMILES string of the molecule is CCc1n[nH]c(=S)n1-c1c(F)cc(Br)cc1F. The first-order valence-electron chi connectivity index (χ1n) is 4.85. The van der Waals surface area contributed by atoms with Gasteiger partial charge in [-0.15, -0.1) is 0 Å². The zero-order valence-corrected chi connectivity index (χ0v) is 11.2. The summed E-state index contributed by atoms with van der Waals surface area (Å²) in [4.78, 5) is 0. The van der Waals surface area contributed by atoms with Crippen molar-refractivity contribution in [1.82, 2.24) is 14.8 Å². The van der Waals surface area contributed by atoms with E-state index in [1.807, 2.05) is 6.92 Å². The lowest BCUT2D eigenvalue weighted by molar-refractivity contribution is 0.563. The van der Waals surface area contributed by atoms with Crippen molar-refractivity contribution >= 4 is 28.1 Å². The van der Waals surface area contributed by atoms with Crippen molar-refractivity contribution in [3.63, 3.8) is 0 Å². The summed E-state index contributed by atoms with van der Waals surface area (Å²) in [5.74, 6) is -0.900. The molecular formula is C10H8BrF2N3S. The van der Waals surface area contributed by atoms with E-state index in [4.69, 9.17) is 12.2 Å². The van der Waals surface area contributed by atoms with E-state index in [2.05, 4.69) is 26.1 Å². The standard InChI is InChI=1S/C10H8BrF2N3S/c1-2-8-14-15-10(17)16(8)9-6(12)3-5(11)4-7(9)13/h3-4H,2H2,1H3,(H,15,17). The minimum absolute atomic E-state index is 0.168. The van der Waals surface area contributed by atoms with E-state index in [1.54, 1.807) is 0 Å². The van der Waals surface area contributed by atoms with Crippen molar-refractivity contribution in [2.75, 3.05) is 0 Å². The topological polar surface area (TPSA) is 33.6 Å². The minimum Gasteiger partial charge on any atom is -0.266 e. The van der Waals surface area contributed by atoms with Gasteiger partial charge in [0.1, 0.15) is 11.5 Å². The minimum atomic E-state index is -0.691. The Morgan fingerprint density at radius 2 is 2.00 bits per heavy atom. The molecule has 7 heteroatoms. The molecule has 0 amide bonds. The zero-order valence-electron chi connectivity index (χ0n) is 8.80. The van der Waals surface area contributed by atoms with Crippen molar-refractivity contribution in [3.05, 3.63) is 38.8 Å². The molecule has 0 bridgehead atoms. The fraction of sp³-hybridized carbons (Fsp3) is 0.200. The van der Waals surface area contributed by atoms with E-state index in [-0.39, 0.29) is 10.5 Å². The molecule has 2 aromatic rings. The highest BCUT2D eigenvalue weighted by atomic mass is 79.9. The lowest BCUT2D eigenvalue weighted by Gasteiger charge is -2.08.